The summed E-state index contributed by atoms with van der Waals surface area (Å²) in [4.78, 5) is 43.6. The fourth-order valence-corrected chi connectivity index (χ4v) is 6.67. The lowest BCUT2D eigenvalue weighted by Gasteiger charge is -2.30. The lowest BCUT2D eigenvalue weighted by atomic mass is 9.77. The number of rotatable bonds is 6. The third kappa shape index (κ3) is 4.43. The largest absolute Gasteiger partial charge is 0.480 e. The summed E-state index contributed by atoms with van der Waals surface area (Å²) in [6.07, 6.45) is 0. The molecule has 0 bridgehead atoms. The van der Waals surface area contributed by atoms with E-state index < -0.39 is 41.6 Å². The summed E-state index contributed by atoms with van der Waals surface area (Å²) in [5.74, 6) is -4.11. The molecule has 1 aromatic heterocycles. The Morgan fingerprint density at radius 1 is 0.842 bits per heavy atom. The first kappa shape index (κ1) is 25.5. The van der Waals surface area contributed by atoms with E-state index in [4.69, 9.17) is 0 Å². The van der Waals surface area contributed by atoms with Gasteiger partial charge in [0, 0.05) is 21.9 Å². The number of aliphatic carboxylic acids is 1. The minimum atomic E-state index is -1.31. The molecule has 1 amide bonds. The minimum Gasteiger partial charge on any atom is -0.480 e. The highest BCUT2D eigenvalue weighted by Gasteiger charge is 2.58. The Bertz CT molecular complexity index is 1500. The second-order valence-corrected chi connectivity index (χ2v) is 10.5. The van der Waals surface area contributed by atoms with Crippen LogP contribution in [0.5, 0.6) is 0 Å². The van der Waals surface area contributed by atoms with Crippen molar-refractivity contribution in [1.82, 2.24) is 4.90 Å². The molecule has 7 heteroatoms. The zero-order valence-corrected chi connectivity index (χ0v) is 21.7. The summed E-state index contributed by atoms with van der Waals surface area (Å²) in [6.45, 7) is 3.72. The average Bonchev–Trinajstić information content (AvgIpc) is 3.50. The highest BCUT2D eigenvalue weighted by Crippen LogP contribution is 2.53. The van der Waals surface area contributed by atoms with Gasteiger partial charge in [-0.3, -0.25) is 9.59 Å². The second-order valence-electron chi connectivity index (χ2n) is 9.56. The van der Waals surface area contributed by atoms with Crippen LogP contribution in [-0.4, -0.2) is 33.7 Å². The molecular weight excluding hydrogens is 501 g/mol. The first-order valence-electron chi connectivity index (χ1n) is 12.3. The van der Waals surface area contributed by atoms with Gasteiger partial charge in [-0.1, -0.05) is 54.6 Å². The Labute approximate surface area is 224 Å². The van der Waals surface area contributed by atoms with E-state index in [0.717, 1.165) is 16.0 Å². The average molecular weight is 528 g/mol. The summed E-state index contributed by atoms with van der Waals surface area (Å²) >= 11 is 1.38. The van der Waals surface area contributed by atoms with Crippen LogP contribution in [-0.2, 0) is 4.79 Å². The molecule has 4 aromatic rings. The van der Waals surface area contributed by atoms with E-state index in [1.807, 2.05) is 37.4 Å². The Kier molecular flexibility index (Phi) is 6.95. The van der Waals surface area contributed by atoms with E-state index in [9.17, 15) is 23.9 Å². The number of thiophene rings is 1. The summed E-state index contributed by atoms with van der Waals surface area (Å²) in [5.41, 5.74) is 2.92. The van der Waals surface area contributed by atoms with Crippen molar-refractivity contribution in [1.29, 1.82) is 0 Å². The van der Waals surface area contributed by atoms with Crippen molar-refractivity contribution in [3.05, 3.63) is 129 Å². The number of hydrogen-bond donors (Lipinski definition) is 1. The van der Waals surface area contributed by atoms with Crippen molar-refractivity contribution >= 4 is 29.0 Å². The molecule has 0 saturated carbocycles. The molecule has 1 fully saturated rings. The molecule has 0 radical (unpaired) electrons. The van der Waals surface area contributed by atoms with Crippen molar-refractivity contribution < 1.29 is 23.9 Å². The van der Waals surface area contributed by atoms with E-state index in [1.54, 1.807) is 42.5 Å². The summed E-state index contributed by atoms with van der Waals surface area (Å²) in [6, 6.07) is 20.9. The molecule has 5 nitrogen and oxygen atoms in total. The van der Waals surface area contributed by atoms with E-state index in [1.165, 1.54) is 40.5 Å². The fraction of sp³-hybridized carbons (Fsp3) is 0.194. The third-order valence-corrected chi connectivity index (χ3v) is 8.42. The standard InChI is InChI=1S/C31H26FNO4S/c1-18-8-6-7-11-23(18)28(34)24-25(29-19(2)16-17-38-29)27(31(36)37)33(30(35)21-9-4-3-5-10-21)26(24)20-12-14-22(32)15-13-20/h3-17,24-27H,1-2H3,(H,36,37). The predicted octanol–water partition coefficient (Wildman–Crippen LogP) is 6.44. The Morgan fingerprint density at radius 2 is 1.50 bits per heavy atom. The SMILES string of the molecule is Cc1ccccc1C(=O)C1C(c2sccc2C)C(C(=O)O)N(C(=O)c2ccccc2)C1c1ccc(F)cc1. The Balaban J connectivity index is 1.79. The number of Topliss-reactive ketones (excluding diaryl/α,β-unsaturated/α-hetero) is 1. The van der Waals surface area contributed by atoms with Gasteiger partial charge in [0.15, 0.2) is 5.78 Å². The minimum absolute atomic E-state index is 0.246. The molecule has 4 unspecified atom stereocenters. The topological polar surface area (TPSA) is 74.7 Å². The number of carboxylic acids is 1. The highest BCUT2D eigenvalue weighted by atomic mass is 32.1. The number of carbonyl (C=O) groups excluding carboxylic acids is 2. The van der Waals surface area contributed by atoms with E-state index in [0.29, 0.717) is 16.7 Å². The number of benzene rings is 3. The predicted molar refractivity (Wildman–Crippen MR) is 144 cm³/mol. The number of carbonyl (C=O) groups is 3. The second kappa shape index (κ2) is 10.3. The van der Waals surface area contributed by atoms with Crippen LogP contribution in [0.3, 0.4) is 0 Å². The van der Waals surface area contributed by atoms with Crippen LogP contribution in [0.1, 0.15) is 54.2 Å². The quantitative estimate of drug-likeness (QED) is 0.293. The van der Waals surface area contributed by atoms with Crippen LogP contribution in [0, 0.1) is 25.6 Å². The van der Waals surface area contributed by atoms with Gasteiger partial charge >= 0.3 is 5.97 Å². The molecular formula is C31H26FNO4S. The number of halogens is 1. The fourth-order valence-electron chi connectivity index (χ4n) is 5.56. The van der Waals surface area contributed by atoms with E-state index in [-0.39, 0.29) is 5.78 Å². The summed E-state index contributed by atoms with van der Waals surface area (Å²) in [5, 5.41) is 12.5. The molecule has 192 valence electrons. The zero-order chi connectivity index (χ0) is 27.0. The normalized spacial score (nSPS) is 20.9. The lowest BCUT2D eigenvalue weighted by molar-refractivity contribution is -0.142. The molecule has 0 spiro atoms. The molecule has 38 heavy (non-hydrogen) atoms. The first-order valence-corrected chi connectivity index (χ1v) is 13.2. The van der Waals surface area contributed by atoms with Crippen molar-refractivity contribution in [2.75, 3.05) is 0 Å². The molecule has 3 aromatic carbocycles. The summed E-state index contributed by atoms with van der Waals surface area (Å²) < 4.78 is 14.0. The number of carboxylic acid groups (broad SMARTS) is 1. The number of nitrogens with zero attached hydrogens (tertiary/aromatic N) is 1. The summed E-state index contributed by atoms with van der Waals surface area (Å²) in [7, 11) is 0. The van der Waals surface area contributed by atoms with E-state index >= 15 is 0 Å². The Hall–Kier alpha value is -4.10. The molecule has 1 saturated heterocycles. The molecule has 0 aliphatic carbocycles. The van der Waals surface area contributed by atoms with Gasteiger partial charge in [0.25, 0.3) is 5.91 Å². The monoisotopic (exact) mass is 527 g/mol. The Morgan fingerprint density at radius 3 is 2.11 bits per heavy atom. The molecule has 2 heterocycles. The third-order valence-electron chi connectivity index (χ3n) is 7.30. The van der Waals surface area contributed by atoms with Gasteiger partial charge in [0.2, 0.25) is 0 Å². The molecule has 4 atom stereocenters. The number of likely N-dealkylation sites (tertiary alicyclic amines) is 1. The highest BCUT2D eigenvalue weighted by molar-refractivity contribution is 7.10. The van der Waals surface area contributed by atoms with Gasteiger partial charge in [0.05, 0.1) is 12.0 Å². The molecule has 1 aliphatic rings. The van der Waals surface area contributed by atoms with Crippen LogP contribution in [0.25, 0.3) is 0 Å². The number of aryl methyl sites for hydroxylation is 2. The van der Waals surface area contributed by atoms with Gasteiger partial charge in [-0.15, -0.1) is 11.3 Å². The van der Waals surface area contributed by atoms with Gasteiger partial charge in [0.1, 0.15) is 11.9 Å². The maximum absolute atomic E-state index is 14.4. The lowest BCUT2D eigenvalue weighted by Crippen LogP contribution is -2.43. The maximum atomic E-state index is 14.4. The van der Waals surface area contributed by atoms with Gasteiger partial charge in [-0.2, -0.15) is 0 Å². The number of hydrogen-bond acceptors (Lipinski definition) is 4. The van der Waals surface area contributed by atoms with Crippen molar-refractivity contribution in [2.24, 2.45) is 5.92 Å². The van der Waals surface area contributed by atoms with E-state index in [2.05, 4.69) is 0 Å². The number of ketones is 1. The van der Waals surface area contributed by atoms with Crippen LogP contribution in [0.2, 0.25) is 0 Å². The first-order chi connectivity index (χ1) is 18.3. The maximum Gasteiger partial charge on any atom is 0.327 e. The van der Waals surface area contributed by atoms with Crippen LogP contribution >= 0.6 is 11.3 Å². The van der Waals surface area contributed by atoms with Gasteiger partial charge in [-0.25, -0.2) is 9.18 Å². The van der Waals surface area contributed by atoms with Crippen molar-refractivity contribution in [2.45, 2.75) is 31.8 Å². The number of amides is 1. The molecule has 1 N–H and O–H groups in total. The van der Waals surface area contributed by atoms with Crippen LogP contribution in [0.15, 0.2) is 90.3 Å². The van der Waals surface area contributed by atoms with Crippen LogP contribution in [0.4, 0.5) is 4.39 Å². The molecule has 1 aliphatic heterocycles. The smallest absolute Gasteiger partial charge is 0.327 e. The van der Waals surface area contributed by atoms with Crippen LogP contribution < -0.4 is 0 Å². The van der Waals surface area contributed by atoms with Crippen molar-refractivity contribution in [3.8, 4) is 0 Å². The van der Waals surface area contributed by atoms with Crippen molar-refractivity contribution in [3.63, 3.8) is 0 Å². The van der Waals surface area contributed by atoms with Gasteiger partial charge < -0.3 is 10.0 Å². The molecule has 5 rings (SSSR count). The van der Waals surface area contributed by atoms with Gasteiger partial charge in [-0.05, 0) is 66.2 Å². The zero-order valence-electron chi connectivity index (χ0n) is 20.9.